The molecule has 0 atom stereocenters. The molecule has 0 saturated heterocycles. The first-order valence-corrected chi connectivity index (χ1v) is 5.29. The molecule has 1 N–H and O–H groups in total. The topological polar surface area (TPSA) is 55.6 Å². The predicted molar refractivity (Wildman–Crippen MR) is 63.2 cm³/mol. The van der Waals surface area contributed by atoms with Gasteiger partial charge in [0.15, 0.2) is 5.82 Å². The van der Waals surface area contributed by atoms with Crippen LogP contribution in [0.5, 0.6) is 0 Å². The Morgan fingerprint density at radius 1 is 1.38 bits per heavy atom. The Morgan fingerprint density at radius 3 is 2.88 bits per heavy atom. The summed E-state index contributed by atoms with van der Waals surface area (Å²) in [6.07, 6.45) is 5.55. The van der Waals surface area contributed by atoms with Crippen LogP contribution in [0.15, 0.2) is 18.6 Å². The summed E-state index contributed by atoms with van der Waals surface area (Å²) in [6, 6.07) is 0. The summed E-state index contributed by atoms with van der Waals surface area (Å²) >= 11 is 0. The van der Waals surface area contributed by atoms with E-state index in [2.05, 4.69) is 31.8 Å². The number of rotatable bonds is 3. The van der Waals surface area contributed by atoms with Crippen molar-refractivity contribution >= 4 is 5.95 Å². The second-order valence-electron chi connectivity index (χ2n) is 3.51. The monoisotopic (exact) mass is 217 g/mol. The number of nitrogens with zero attached hydrogens (tertiary/aromatic N) is 4. The quantitative estimate of drug-likeness (QED) is 0.850. The first-order valence-electron chi connectivity index (χ1n) is 5.29. The second-order valence-corrected chi connectivity index (χ2v) is 3.51. The Balaban J connectivity index is 2.54. The maximum atomic E-state index is 4.44. The fraction of sp³-hybridized carbons (Fsp3) is 0.364. The van der Waals surface area contributed by atoms with Crippen LogP contribution < -0.4 is 5.32 Å². The van der Waals surface area contributed by atoms with Crippen molar-refractivity contribution in [3.05, 3.63) is 24.2 Å². The van der Waals surface area contributed by atoms with Gasteiger partial charge >= 0.3 is 0 Å². The highest BCUT2D eigenvalue weighted by molar-refractivity contribution is 5.56. The molecule has 2 aromatic rings. The van der Waals surface area contributed by atoms with E-state index in [0.29, 0.717) is 5.95 Å². The number of aromatic nitrogens is 4. The molecule has 0 bridgehead atoms. The normalized spacial score (nSPS) is 10.4. The lowest BCUT2D eigenvalue weighted by Gasteiger charge is -2.08. The minimum atomic E-state index is 0.617. The summed E-state index contributed by atoms with van der Waals surface area (Å²) < 4.78 is 2.06. The van der Waals surface area contributed by atoms with Crippen molar-refractivity contribution in [3.8, 4) is 11.5 Å². The van der Waals surface area contributed by atoms with Gasteiger partial charge in [-0.2, -0.15) is 0 Å². The smallest absolute Gasteiger partial charge is 0.223 e. The molecule has 84 valence electrons. The van der Waals surface area contributed by atoms with Crippen molar-refractivity contribution in [1.82, 2.24) is 19.5 Å². The number of hydrogen-bond acceptors (Lipinski definition) is 4. The third-order valence-corrected chi connectivity index (χ3v) is 2.46. The number of anilines is 1. The number of hydrogen-bond donors (Lipinski definition) is 1. The zero-order valence-corrected chi connectivity index (χ0v) is 9.73. The Labute approximate surface area is 94.6 Å². The molecule has 0 aliphatic rings. The zero-order chi connectivity index (χ0) is 11.5. The lowest BCUT2D eigenvalue weighted by molar-refractivity contribution is 0.767. The molecule has 2 rings (SSSR count). The molecule has 0 aromatic carbocycles. The molecule has 2 aromatic heterocycles. The SMILES string of the molecule is CCn1ccnc1-c1nc(NC)ncc1C. The molecular weight excluding hydrogens is 202 g/mol. The summed E-state index contributed by atoms with van der Waals surface area (Å²) in [7, 11) is 1.81. The third kappa shape index (κ3) is 1.76. The molecule has 0 unspecified atom stereocenters. The van der Waals surface area contributed by atoms with E-state index in [1.807, 2.05) is 19.3 Å². The van der Waals surface area contributed by atoms with Gasteiger partial charge in [0, 0.05) is 32.2 Å². The van der Waals surface area contributed by atoms with Crippen molar-refractivity contribution in [2.45, 2.75) is 20.4 Å². The number of nitrogens with one attached hydrogen (secondary N) is 1. The highest BCUT2D eigenvalue weighted by Crippen LogP contribution is 2.19. The first kappa shape index (κ1) is 10.6. The minimum absolute atomic E-state index is 0.617. The van der Waals surface area contributed by atoms with Crippen LogP contribution in [0.2, 0.25) is 0 Å². The van der Waals surface area contributed by atoms with Crippen LogP contribution in [0.4, 0.5) is 5.95 Å². The molecule has 0 amide bonds. The Kier molecular flexibility index (Phi) is 2.85. The fourth-order valence-electron chi connectivity index (χ4n) is 1.57. The minimum Gasteiger partial charge on any atom is -0.357 e. The highest BCUT2D eigenvalue weighted by atomic mass is 15.1. The van der Waals surface area contributed by atoms with Crippen LogP contribution in [0, 0.1) is 6.92 Å². The highest BCUT2D eigenvalue weighted by Gasteiger charge is 2.10. The van der Waals surface area contributed by atoms with Crippen LogP contribution >= 0.6 is 0 Å². The van der Waals surface area contributed by atoms with E-state index < -0.39 is 0 Å². The summed E-state index contributed by atoms with van der Waals surface area (Å²) in [6.45, 7) is 4.96. The van der Waals surface area contributed by atoms with E-state index in [1.165, 1.54) is 0 Å². The molecule has 0 aliphatic heterocycles. The van der Waals surface area contributed by atoms with Gasteiger partial charge in [-0.05, 0) is 19.4 Å². The van der Waals surface area contributed by atoms with E-state index in [1.54, 1.807) is 13.2 Å². The van der Waals surface area contributed by atoms with Crippen LogP contribution in [0.25, 0.3) is 11.5 Å². The fourth-order valence-corrected chi connectivity index (χ4v) is 1.57. The van der Waals surface area contributed by atoms with Gasteiger partial charge < -0.3 is 9.88 Å². The van der Waals surface area contributed by atoms with Crippen molar-refractivity contribution in [3.63, 3.8) is 0 Å². The summed E-state index contributed by atoms with van der Waals surface area (Å²) in [5.74, 6) is 1.50. The van der Waals surface area contributed by atoms with Gasteiger partial charge in [0.2, 0.25) is 5.95 Å². The van der Waals surface area contributed by atoms with Crippen molar-refractivity contribution in [2.75, 3.05) is 12.4 Å². The zero-order valence-electron chi connectivity index (χ0n) is 9.73. The molecule has 16 heavy (non-hydrogen) atoms. The Morgan fingerprint density at radius 2 is 2.19 bits per heavy atom. The van der Waals surface area contributed by atoms with Crippen LogP contribution in [-0.4, -0.2) is 26.6 Å². The standard InChI is InChI=1S/C11H15N5/c1-4-16-6-5-13-10(16)9-8(2)7-14-11(12-3)15-9/h5-7H,4H2,1-3H3,(H,12,14,15). The van der Waals surface area contributed by atoms with Gasteiger partial charge in [-0.1, -0.05) is 0 Å². The molecule has 5 heteroatoms. The van der Waals surface area contributed by atoms with Gasteiger partial charge in [-0.15, -0.1) is 0 Å². The van der Waals surface area contributed by atoms with E-state index in [4.69, 9.17) is 0 Å². The van der Waals surface area contributed by atoms with E-state index in [0.717, 1.165) is 23.6 Å². The predicted octanol–water partition coefficient (Wildman–Crippen LogP) is 1.71. The van der Waals surface area contributed by atoms with Gasteiger partial charge in [0.25, 0.3) is 0 Å². The molecule has 0 saturated carbocycles. The largest absolute Gasteiger partial charge is 0.357 e. The summed E-state index contributed by atoms with van der Waals surface area (Å²) in [4.78, 5) is 12.9. The summed E-state index contributed by atoms with van der Waals surface area (Å²) in [5, 5.41) is 2.93. The Bertz CT molecular complexity index is 489. The molecule has 2 heterocycles. The van der Waals surface area contributed by atoms with Gasteiger partial charge in [-0.25, -0.2) is 15.0 Å². The van der Waals surface area contributed by atoms with Gasteiger partial charge in [0.05, 0.1) is 0 Å². The maximum absolute atomic E-state index is 4.44. The van der Waals surface area contributed by atoms with Crippen LogP contribution in [0.3, 0.4) is 0 Å². The average Bonchev–Trinajstić information content (AvgIpc) is 2.77. The molecule has 0 radical (unpaired) electrons. The maximum Gasteiger partial charge on any atom is 0.223 e. The molecule has 0 spiro atoms. The van der Waals surface area contributed by atoms with Gasteiger partial charge in [-0.3, -0.25) is 0 Å². The van der Waals surface area contributed by atoms with E-state index in [9.17, 15) is 0 Å². The van der Waals surface area contributed by atoms with Crippen molar-refractivity contribution in [2.24, 2.45) is 0 Å². The molecule has 5 nitrogen and oxygen atoms in total. The lowest BCUT2D eigenvalue weighted by atomic mass is 10.2. The summed E-state index contributed by atoms with van der Waals surface area (Å²) in [5.41, 5.74) is 1.91. The average molecular weight is 217 g/mol. The number of aryl methyl sites for hydroxylation is 2. The van der Waals surface area contributed by atoms with Crippen LogP contribution in [-0.2, 0) is 6.54 Å². The second kappa shape index (κ2) is 4.30. The first-order chi connectivity index (χ1) is 7.76. The molecule has 0 aliphatic carbocycles. The lowest BCUT2D eigenvalue weighted by Crippen LogP contribution is -2.03. The Hall–Kier alpha value is -1.91. The molecular formula is C11H15N5. The van der Waals surface area contributed by atoms with E-state index in [-0.39, 0.29) is 0 Å². The van der Waals surface area contributed by atoms with E-state index >= 15 is 0 Å². The van der Waals surface area contributed by atoms with Crippen molar-refractivity contribution in [1.29, 1.82) is 0 Å². The van der Waals surface area contributed by atoms with Gasteiger partial charge in [0.1, 0.15) is 5.69 Å². The van der Waals surface area contributed by atoms with Crippen molar-refractivity contribution < 1.29 is 0 Å². The molecule has 0 fully saturated rings. The van der Waals surface area contributed by atoms with Crippen LogP contribution in [0.1, 0.15) is 12.5 Å². The third-order valence-electron chi connectivity index (χ3n) is 2.46. The number of imidazole rings is 1.